The Morgan fingerprint density at radius 2 is 1.85 bits per heavy atom. The van der Waals surface area contributed by atoms with Crippen molar-refractivity contribution in [2.24, 2.45) is 0 Å². The van der Waals surface area contributed by atoms with Gasteiger partial charge in [-0.05, 0) is 29.4 Å². The lowest BCUT2D eigenvalue weighted by atomic mass is 10.1. The monoisotopic (exact) mass is 267 g/mol. The quantitative estimate of drug-likeness (QED) is 0.728. The number of hydrogen-bond acceptors (Lipinski definition) is 4. The van der Waals surface area contributed by atoms with Crippen molar-refractivity contribution in [3.8, 4) is 0 Å². The summed E-state index contributed by atoms with van der Waals surface area (Å²) >= 11 is 0. The predicted molar refractivity (Wildman–Crippen MR) is 78.2 cm³/mol. The van der Waals surface area contributed by atoms with Gasteiger partial charge in [-0.15, -0.1) is 0 Å². The van der Waals surface area contributed by atoms with Crippen LogP contribution in [0.2, 0.25) is 0 Å². The Bertz CT molecular complexity index is 720. The maximum Gasteiger partial charge on any atom is 0.223 e. The molecule has 0 spiro atoms. The number of hydrogen-bond donors (Lipinski definition) is 0. The van der Waals surface area contributed by atoms with Crippen LogP contribution >= 0.6 is 0 Å². The van der Waals surface area contributed by atoms with E-state index in [2.05, 4.69) is 64.6 Å². The minimum atomic E-state index is 0.610. The molecule has 0 fully saturated rings. The van der Waals surface area contributed by atoms with Crippen molar-refractivity contribution in [3.63, 3.8) is 0 Å². The summed E-state index contributed by atoms with van der Waals surface area (Å²) in [6.45, 7) is 3.35. The van der Waals surface area contributed by atoms with Gasteiger partial charge in [0.1, 0.15) is 0 Å². The smallest absolute Gasteiger partial charge is 0.223 e. The van der Waals surface area contributed by atoms with Crippen molar-refractivity contribution < 1.29 is 4.52 Å². The van der Waals surface area contributed by atoms with Crippen molar-refractivity contribution in [2.75, 3.05) is 7.05 Å². The number of fused-ring (bicyclic) bond motifs is 1. The minimum absolute atomic E-state index is 0.610. The largest absolute Gasteiger partial charge is 0.340 e. The average Bonchev–Trinajstić information content (AvgIpc) is 2.83. The van der Waals surface area contributed by atoms with Gasteiger partial charge in [-0.3, -0.25) is 4.90 Å². The molecule has 0 saturated heterocycles. The topological polar surface area (TPSA) is 42.2 Å². The van der Waals surface area contributed by atoms with E-state index in [0.717, 1.165) is 12.4 Å². The molecule has 2 aromatic carbocycles. The van der Waals surface area contributed by atoms with Crippen LogP contribution in [-0.2, 0) is 13.1 Å². The Labute approximate surface area is 118 Å². The molecule has 20 heavy (non-hydrogen) atoms. The Balaban J connectivity index is 1.72. The number of benzene rings is 2. The van der Waals surface area contributed by atoms with Gasteiger partial charge in [0.05, 0.1) is 6.54 Å². The molecule has 1 heterocycles. The lowest BCUT2D eigenvalue weighted by molar-refractivity contribution is 0.300. The molecule has 4 heteroatoms. The molecular weight excluding hydrogens is 250 g/mol. The molecule has 0 aliphatic heterocycles. The summed E-state index contributed by atoms with van der Waals surface area (Å²) in [5.74, 6) is 1.34. The highest BCUT2D eigenvalue weighted by atomic mass is 16.5. The first-order chi connectivity index (χ1) is 9.70. The molecule has 0 aliphatic rings. The van der Waals surface area contributed by atoms with E-state index in [1.54, 1.807) is 6.92 Å². The number of nitrogens with zero attached hydrogens (tertiary/aromatic N) is 3. The molecule has 3 aromatic rings. The van der Waals surface area contributed by atoms with E-state index in [9.17, 15) is 0 Å². The van der Waals surface area contributed by atoms with Crippen LogP contribution in [0.1, 0.15) is 17.3 Å². The van der Waals surface area contributed by atoms with Crippen LogP contribution in [0.25, 0.3) is 10.8 Å². The van der Waals surface area contributed by atoms with Crippen molar-refractivity contribution in [1.29, 1.82) is 0 Å². The van der Waals surface area contributed by atoms with Crippen LogP contribution in [0.4, 0.5) is 0 Å². The second-order valence-electron chi connectivity index (χ2n) is 5.08. The Morgan fingerprint density at radius 1 is 1.05 bits per heavy atom. The fraction of sp³-hybridized carbons (Fsp3) is 0.250. The van der Waals surface area contributed by atoms with Crippen LogP contribution in [0.15, 0.2) is 47.0 Å². The zero-order valence-electron chi connectivity index (χ0n) is 11.7. The van der Waals surface area contributed by atoms with E-state index in [1.807, 2.05) is 0 Å². The number of aromatic nitrogens is 2. The van der Waals surface area contributed by atoms with Gasteiger partial charge in [-0.1, -0.05) is 41.6 Å². The van der Waals surface area contributed by atoms with Crippen LogP contribution in [0.5, 0.6) is 0 Å². The molecule has 0 amide bonds. The summed E-state index contributed by atoms with van der Waals surface area (Å²) in [5.41, 5.74) is 1.28. The lowest BCUT2D eigenvalue weighted by Crippen LogP contribution is -2.18. The van der Waals surface area contributed by atoms with Crippen molar-refractivity contribution in [3.05, 3.63) is 59.7 Å². The molecule has 4 nitrogen and oxygen atoms in total. The van der Waals surface area contributed by atoms with Crippen molar-refractivity contribution in [2.45, 2.75) is 20.0 Å². The van der Waals surface area contributed by atoms with Crippen LogP contribution in [0, 0.1) is 6.92 Å². The maximum absolute atomic E-state index is 4.99. The summed E-state index contributed by atoms with van der Waals surface area (Å²) in [4.78, 5) is 6.40. The highest BCUT2D eigenvalue weighted by Gasteiger charge is 2.07. The standard InChI is InChI=1S/C16H17N3O/c1-12-17-16(18-20-12)11-19(2)10-13-7-8-14-5-3-4-6-15(14)9-13/h3-9H,10-11H2,1-2H3. The molecule has 0 saturated carbocycles. The minimum Gasteiger partial charge on any atom is -0.340 e. The molecule has 3 rings (SSSR count). The summed E-state index contributed by atoms with van der Waals surface area (Å²) in [5, 5.41) is 6.46. The predicted octanol–water partition coefficient (Wildman–Crippen LogP) is 3.16. The average molecular weight is 267 g/mol. The third kappa shape index (κ3) is 2.86. The van der Waals surface area contributed by atoms with E-state index in [1.165, 1.54) is 16.3 Å². The van der Waals surface area contributed by atoms with Gasteiger partial charge in [-0.2, -0.15) is 4.98 Å². The van der Waals surface area contributed by atoms with Gasteiger partial charge in [0.2, 0.25) is 5.89 Å². The normalized spacial score (nSPS) is 11.3. The molecule has 0 atom stereocenters. The van der Waals surface area contributed by atoms with Crippen molar-refractivity contribution in [1.82, 2.24) is 15.0 Å². The zero-order chi connectivity index (χ0) is 13.9. The van der Waals surface area contributed by atoms with Gasteiger partial charge in [-0.25, -0.2) is 0 Å². The first kappa shape index (κ1) is 12.8. The molecule has 1 aromatic heterocycles. The highest BCUT2D eigenvalue weighted by Crippen LogP contribution is 2.16. The Hall–Kier alpha value is -2.20. The first-order valence-corrected chi connectivity index (χ1v) is 6.66. The van der Waals surface area contributed by atoms with Crippen LogP contribution < -0.4 is 0 Å². The molecule has 0 unspecified atom stereocenters. The molecule has 0 radical (unpaired) electrons. The van der Waals surface area contributed by atoms with Gasteiger partial charge < -0.3 is 4.52 Å². The van der Waals surface area contributed by atoms with E-state index in [0.29, 0.717) is 12.4 Å². The van der Waals surface area contributed by atoms with E-state index >= 15 is 0 Å². The lowest BCUT2D eigenvalue weighted by Gasteiger charge is -2.14. The van der Waals surface area contributed by atoms with Gasteiger partial charge in [0, 0.05) is 13.5 Å². The second-order valence-corrected chi connectivity index (χ2v) is 5.08. The molecule has 0 bridgehead atoms. The third-order valence-electron chi connectivity index (χ3n) is 3.25. The number of rotatable bonds is 4. The summed E-state index contributed by atoms with van der Waals surface area (Å²) in [7, 11) is 2.06. The molecule has 0 N–H and O–H groups in total. The summed E-state index contributed by atoms with van der Waals surface area (Å²) in [6.07, 6.45) is 0. The fourth-order valence-electron chi connectivity index (χ4n) is 2.35. The fourth-order valence-corrected chi connectivity index (χ4v) is 2.35. The highest BCUT2D eigenvalue weighted by molar-refractivity contribution is 5.82. The molecule has 0 aliphatic carbocycles. The van der Waals surface area contributed by atoms with Gasteiger partial charge >= 0.3 is 0 Å². The van der Waals surface area contributed by atoms with Crippen LogP contribution in [-0.4, -0.2) is 22.1 Å². The maximum atomic E-state index is 4.99. The van der Waals surface area contributed by atoms with E-state index in [4.69, 9.17) is 4.52 Å². The Morgan fingerprint density at radius 3 is 2.60 bits per heavy atom. The van der Waals surface area contributed by atoms with Gasteiger partial charge in [0.15, 0.2) is 5.82 Å². The van der Waals surface area contributed by atoms with Crippen LogP contribution in [0.3, 0.4) is 0 Å². The SMILES string of the molecule is Cc1nc(CN(C)Cc2ccc3ccccc3c2)no1. The summed E-state index contributed by atoms with van der Waals surface area (Å²) in [6, 6.07) is 15.0. The van der Waals surface area contributed by atoms with Crippen molar-refractivity contribution >= 4 is 10.8 Å². The third-order valence-corrected chi connectivity index (χ3v) is 3.25. The van der Waals surface area contributed by atoms with E-state index in [-0.39, 0.29) is 0 Å². The second kappa shape index (κ2) is 5.43. The first-order valence-electron chi connectivity index (χ1n) is 6.66. The Kier molecular flexibility index (Phi) is 3.48. The number of aryl methyl sites for hydroxylation is 1. The van der Waals surface area contributed by atoms with Gasteiger partial charge in [0.25, 0.3) is 0 Å². The summed E-state index contributed by atoms with van der Waals surface area (Å²) < 4.78 is 4.99. The van der Waals surface area contributed by atoms with E-state index < -0.39 is 0 Å². The molecule has 102 valence electrons. The molecular formula is C16H17N3O. The zero-order valence-corrected chi connectivity index (χ0v) is 11.7.